The SMILES string of the molecule is Cc1nc(N2CCOC(CC(=O)O)C2)ccc1[N+](=O)[O-]. The smallest absolute Gasteiger partial charge is 0.306 e. The van der Waals surface area contributed by atoms with E-state index in [2.05, 4.69) is 4.98 Å². The van der Waals surface area contributed by atoms with Gasteiger partial charge in [-0.1, -0.05) is 0 Å². The summed E-state index contributed by atoms with van der Waals surface area (Å²) >= 11 is 0. The van der Waals surface area contributed by atoms with Crippen LogP contribution in [0.15, 0.2) is 12.1 Å². The number of hydrogen-bond acceptors (Lipinski definition) is 6. The van der Waals surface area contributed by atoms with Crippen LogP contribution in [0.5, 0.6) is 0 Å². The number of nitro groups is 1. The molecule has 1 saturated heterocycles. The van der Waals surface area contributed by atoms with Crippen molar-refractivity contribution in [2.75, 3.05) is 24.6 Å². The first-order chi connectivity index (χ1) is 9.47. The highest BCUT2D eigenvalue weighted by atomic mass is 16.6. The number of aliphatic carboxylic acids is 1. The third kappa shape index (κ3) is 3.21. The van der Waals surface area contributed by atoms with Crippen LogP contribution in [0.25, 0.3) is 0 Å². The van der Waals surface area contributed by atoms with Crippen LogP contribution in [0.2, 0.25) is 0 Å². The highest BCUT2D eigenvalue weighted by molar-refractivity contribution is 5.67. The number of aromatic nitrogens is 1. The van der Waals surface area contributed by atoms with Crippen LogP contribution >= 0.6 is 0 Å². The second-order valence-electron chi connectivity index (χ2n) is 4.57. The van der Waals surface area contributed by atoms with Gasteiger partial charge in [-0.3, -0.25) is 14.9 Å². The van der Waals surface area contributed by atoms with Gasteiger partial charge in [-0.2, -0.15) is 0 Å². The normalized spacial score (nSPS) is 18.9. The van der Waals surface area contributed by atoms with Crippen LogP contribution in [0.4, 0.5) is 11.5 Å². The van der Waals surface area contributed by atoms with E-state index in [1.165, 1.54) is 6.07 Å². The number of rotatable bonds is 4. The molecule has 1 unspecified atom stereocenters. The van der Waals surface area contributed by atoms with Gasteiger partial charge in [-0.05, 0) is 13.0 Å². The molecule has 0 aromatic carbocycles. The first-order valence-corrected chi connectivity index (χ1v) is 6.17. The Labute approximate surface area is 115 Å². The monoisotopic (exact) mass is 281 g/mol. The molecule has 20 heavy (non-hydrogen) atoms. The predicted octanol–water partition coefficient (Wildman–Crippen LogP) is 0.978. The number of anilines is 1. The Balaban J connectivity index is 2.13. The number of hydrogen-bond donors (Lipinski definition) is 1. The number of ether oxygens (including phenoxy) is 1. The van der Waals surface area contributed by atoms with Gasteiger partial charge in [0.15, 0.2) is 0 Å². The van der Waals surface area contributed by atoms with Crippen LogP contribution in [0.1, 0.15) is 12.1 Å². The number of aryl methyl sites for hydroxylation is 1. The van der Waals surface area contributed by atoms with Gasteiger partial charge >= 0.3 is 5.97 Å². The standard InChI is InChI=1S/C12H15N3O5/c1-8-10(15(18)19)2-3-11(13-8)14-4-5-20-9(7-14)6-12(16)17/h2-3,9H,4-7H2,1H3,(H,16,17). The molecule has 1 N–H and O–H groups in total. The molecule has 8 heteroatoms. The maximum absolute atomic E-state index is 10.7. The summed E-state index contributed by atoms with van der Waals surface area (Å²) in [7, 11) is 0. The molecule has 1 aromatic rings. The van der Waals surface area contributed by atoms with Crippen LogP contribution in [0.3, 0.4) is 0 Å². The van der Waals surface area contributed by atoms with E-state index >= 15 is 0 Å². The van der Waals surface area contributed by atoms with Crippen molar-refractivity contribution in [3.05, 3.63) is 27.9 Å². The van der Waals surface area contributed by atoms with Crippen LogP contribution in [-0.4, -0.2) is 46.8 Å². The molecule has 1 aliphatic heterocycles. The first kappa shape index (κ1) is 14.2. The number of nitrogens with zero attached hydrogens (tertiary/aromatic N) is 3. The minimum Gasteiger partial charge on any atom is -0.481 e. The van der Waals surface area contributed by atoms with Crippen LogP contribution in [0, 0.1) is 17.0 Å². The van der Waals surface area contributed by atoms with E-state index in [9.17, 15) is 14.9 Å². The van der Waals surface area contributed by atoms with Crippen molar-refractivity contribution in [1.82, 2.24) is 4.98 Å². The largest absolute Gasteiger partial charge is 0.481 e. The summed E-state index contributed by atoms with van der Waals surface area (Å²) in [6, 6.07) is 2.99. The van der Waals surface area contributed by atoms with E-state index in [1.54, 1.807) is 13.0 Å². The Kier molecular flexibility index (Phi) is 4.14. The number of pyridine rings is 1. The van der Waals surface area contributed by atoms with E-state index in [1.807, 2.05) is 4.90 Å². The average molecular weight is 281 g/mol. The zero-order chi connectivity index (χ0) is 14.7. The van der Waals surface area contributed by atoms with Gasteiger partial charge in [0.05, 0.1) is 24.1 Å². The molecule has 0 radical (unpaired) electrons. The lowest BCUT2D eigenvalue weighted by Gasteiger charge is -2.33. The molecule has 2 heterocycles. The molecule has 1 fully saturated rings. The zero-order valence-electron chi connectivity index (χ0n) is 11.0. The second kappa shape index (κ2) is 5.83. The predicted molar refractivity (Wildman–Crippen MR) is 69.8 cm³/mol. The van der Waals surface area contributed by atoms with Gasteiger partial charge in [-0.15, -0.1) is 0 Å². The molecular weight excluding hydrogens is 266 g/mol. The minimum atomic E-state index is -0.912. The third-order valence-corrected chi connectivity index (χ3v) is 3.10. The third-order valence-electron chi connectivity index (χ3n) is 3.10. The topological polar surface area (TPSA) is 106 Å². The average Bonchev–Trinajstić information content (AvgIpc) is 2.37. The molecule has 1 aliphatic rings. The first-order valence-electron chi connectivity index (χ1n) is 6.17. The Morgan fingerprint density at radius 1 is 1.65 bits per heavy atom. The number of morpholine rings is 1. The fourth-order valence-corrected chi connectivity index (χ4v) is 2.16. The zero-order valence-corrected chi connectivity index (χ0v) is 11.0. The second-order valence-corrected chi connectivity index (χ2v) is 4.57. The minimum absolute atomic E-state index is 0.0240. The lowest BCUT2D eigenvalue weighted by Crippen LogP contribution is -2.43. The molecule has 0 spiro atoms. The van der Waals surface area contributed by atoms with Crippen molar-refractivity contribution in [3.8, 4) is 0 Å². The molecule has 1 aromatic heterocycles. The molecule has 0 amide bonds. The molecule has 8 nitrogen and oxygen atoms in total. The lowest BCUT2D eigenvalue weighted by atomic mass is 10.2. The highest BCUT2D eigenvalue weighted by Crippen LogP contribution is 2.22. The lowest BCUT2D eigenvalue weighted by molar-refractivity contribution is -0.385. The van der Waals surface area contributed by atoms with Gasteiger partial charge < -0.3 is 14.7 Å². The number of carboxylic acids is 1. The van der Waals surface area contributed by atoms with Gasteiger partial charge in [0, 0.05) is 19.2 Å². The summed E-state index contributed by atoms with van der Waals surface area (Å²) in [6.45, 7) is 2.99. The summed E-state index contributed by atoms with van der Waals surface area (Å²) in [5.74, 6) is -0.309. The molecular formula is C12H15N3O5. The Bertz CT molecular complexity index is 534. The fraction of sp³-hybridized carbons (Fsp3) is 0.500. The van der Waals surface area contributed by atoms with Gasteiger partial charge in [0.25, 0.3) is 5.69 Å². The van der Waals surface area contributed by atoms with Crippen molar-refractivity contribution in [3.63, 3.8) is 0 Å². The summed E-state index contributed by atoms with van der Waals surface area (Å²) < 4.78 is 5.37. The number of carbonyl (C=O) groups is 1. The highest BCUT2D eigenvalue weighted by Gasteiger charge is 2.24. The van der Waals surface area contributed by atoms with E-state index in [0.717, 1.165) is 0 Å². The maximum atomic E-state index is 10.7. The molecule has 108 valence electrons. The summed E-state index contributed by atoms with van der Waals surface area (Å²) in [5.41, 5.74) is 0.317. The fourth-order valence-electron chi connectivity index (χ4n) is 2.16. The van der Waals surface area contributed by atoms with Crippen LogP contribution < -0.4 is 4.90 Å². The maximum Gasteiger partial charge on any atom is 0.306 e. The van der Waals surface area contributed by atoms with E-state index < -0.39 is 17.0 Å². The molecule has 0 aliphatic carbocycles. The Morgan fingerprint density at radius 3 is 3.00 bits per heavy atom. The van der Waals surface area contributed by atoms with E-state index in [-0.39, 0.29) is 12.1 Å². The van der Waals surface area contributed by atoms with Crippen molar-refractivity contribution >= 4 is 17.5 Å². The van der Waals surface area contributed by atoms with E-state index in [0.29, 0.717) is 31.2 Å². The number of carboxylic acid groups (broad SMARTS) is 1. The molecule has 0 saturated carbocycles. The Morgan fingerprint density at radius 2 is 2.40 bits per heavy atom. The Hall–Kier alpha value is -2.22. The summed E-state index contributed by atoms with van der Waals surface area (Å²) in [4.78, 5) is 27.1. The van der Waals surface area contributed by atoms with Gasteiger partial charge in [-0.25, -0.2) is 4.98 Å². The van der Waals surface area contributed by atoms with Gasteiger partial charge in [0.1, 0.15) is 11.5 Å². The summed E-state index contributed by atoms with van der Waals surface area (Å²) in [5, 5.41) is 19.5. The van der Waals surface area contributed by atoms with E-state index in [4.69, 9.17) is 9.84 Å². The quantitative estimate of drug-likeness (QED) is 0.647. The van der Waals surface area contributed by atoms with Gasteiger partial charge in [0.2, 0.25) is 0 Å². The van der Waals surface area contributed by atoms with Crippen molar-refractivity contribution in [2.24, 2.45) is 0 Å². The molecule has 1 atom stereocenters. The van der Waals surface area contributed by atoms with Crippen molar-refractivity contribution in [1.29, 1.82) is 0 Å². The molecule has 2 rings (SSSR count). The van der Waals surface area contributed by atoms with Crippen molar-refractivity contribution < 1.29 is 19.6 Å². The van der Waals surface area contributed by atoms with Crippen molar-refractivity contribution in [2.45, 2.75) is 19.4 Å². The molecule has 0 bridgehead atoms. The van der Waals surface area contributed by atoms with Crippen LogP contribution in [-0.2, 0) is 9.53 Å². The summed E-state index contributed by atoms with van der Waals surface area (Å²) in [6.07, 6.45) is -0.457.